The Morgan fingerprint density at radius 1 is 1.00 bits per heavy atom. The Morgan fingerprint density at radius 3 is 1.87 bits per heavy atom. The van der Waals surface area contributed by atoms with Crippen LogP contribution in [0.1, 0.15) is 27.2 Å². The zero-order valence-corrected chi connectivity index (χ0v) is 9.20. The molecule has 0 aliphatic carbocycles. The minimum absolute atomic E-state index is 0.0599. The number of aliphatic hydroxyl groups is 1. The Balaban J connectivity index is 4.80. The van der Waals surface area contributed by atoms with Crippen molar-refractivity contribution in [2.45, 2.75) is 27.2 Å². The van der Waals surface area contributed by atoms with Gasteiger partial charge in [-0.15, -0.1) is 0 Å². The van der Waals surface area contributed by atoms with E-state index in [-0.39, 0.29) is 25.2 Å². The molecule has 86 valence electrons. The Labute approximate surface area is 88.7 Å². The molecule has 0 aromatic heterocycles. The van der Waals surface area contributed by atoms with Crippen LogP contribution in [-0.2, 0) is 19.1 Å². The van der Waals surface area contributed by atoms with Crippen molar-refractivity contribution in [2.24, 2.45) is 0 Å². The highest BCUT2D eigenvalue weighted by Gasteiger charge is 2.20. The summed E-state index contributed by atoms with van der Waals surface area (Å²) in [4.78, 5) is 22.4. The van der Waals surface area contributed by atoms with E-state index in [1.807, 2.05) is 0 Å². The summed E-state index contributed by atoms with van der Waals surface area (Å²) in [5.41, 5.74) is -0.0599. The molecule has 0 saturated heterocycles. The highest BCUT2D eigenvalue weighted by atomic mass is 16.5. The van der Waals surface area contributed by atoms with Crippen molar-refractivity contribution >= 4 is 11.9 Å². The number of rotatable bonds is 5. The minimum Gasteiger partial charge on any atom is -0.501 e. The molecule has 0 atom stereocenters. The molecular weight excluding hydrogens is 200 g/mol. The predicted molar refractivity (Wildman–Crippen MR) is 53.2 cm³/mol. The SMILES string of the molecule is CCOC(=O)/C(O)=C(/CC)C(=O)OCC. The van der Waals surface area contributed by atoms with E-state index in [1.165, 1.54) is 0 Å². The average Bonchev–Trinajstić information content (AvgIpc) is 2.19. The second-order valence-corrected chi connectivity index (χ2v) is 2.62. The molecule has 0 bridgehead atoms. The monoisotopic (exact) mass is 216 g/mol. The van der Waals surface area contributed by atoms with Gasteiger partial charge in [0.25, 0.3) is 0 Å². The molecule has 5 nitrogen and oxygen atoms in total. The Hall–Kier alpha value is -1.52. The predicted octanol–water partition coefficient (Wildman–Crippen LogP) is 1.33. The van der Waals surface area contributed by atoms with Gasteiger partial charge >= 0.3 is 11.9 Å². The van der Waals surface area contributed by atoms with Gasteiger partial charge in [0.05, 0.1) is 18.8 Å². The number of hydrogen-bond donors (Lipinski definition) is 1. The van der Waals surface area contributed by atoms with Crippen LogP contribution in [0.25, 0.3) is 0 Å². The van der Waals surface area contributed by atoms with Gasteiger partial charge in [-0.05, 0) is 20.3 Å². The molecule has 0 amide bonds. The number of carbonyl (C=O) groups excluding carboxylic acids is 2. The van der Waals surface area contributed by atoms with Crippen molar-refractivity contribution in [3.8, 4) is 0 Å². The Kier molecular flexibility index (Phi) is 6.17. The molecule has 0 heterocycles. The van der Waals surface area contributed by atoms with Gasteiger partial charge in [-0.1, -0.05) is 6.92 Å². The van der Waals surface area contributed by atoms with E-state index < -0.39 is 17.7 Å². The smallest absolute Gasteiger partial charge is 0.373 e. The summed E-state index contributed by atoms with van der Waals surface area (Å²) in [6.45, 7) is 5.23. The Bertz CT molecular complexity index is 267. The zero-order valence-electron chi connectivity index (χ0n) is 9.20. The second kappa shape index (κ2) is 6.86. The lowest BCUT2D eigenvalue weighted by Gasteiger charge is -2.07. The molecule has 0 unspecified atom stereocenters. The third-order valence-corrected chi connectivity index (χ3v) is 1.63. The number of hydrogen-bond acceptors (Lipinski definition) is 5. The molecule has 0 aromatic rings. The summed E-state index contributed by atoms with van der Waals surface area (Å²) in [7, 11) is 0. The molecule has 0 radical (unpaired) electrons. The summed E-state index contributed by atoms with van der Waals surface area (Å²) in [5.74, 6) is -2.26. The van der Waals surface area contributed by atoms with Gasteiger partial charge in [0.1, 0.15) is 0 Å². The fourth-order valence-corrected chi connectivity index (χ4v) is 0.949. The van der Waals surface area contributed by atoms with Gasteiger partial charge in [0, 0.05) is 0 Å². The summed E-state index contributed by atoms with van der Waals surface area (Å²) >= 11 is 0. The van der Waals surface area contributed by atoms with Crippen molar-refractivity contribution in [3.05, 3.63) is 11.3 Å². The van der Waals surface area contributed by atoms with Gasteiger partial charge < -0.3 is 14.6 Å². The van der Waals surface area contributed by atoms with Crippen LogP contribution < -0.4 is 0 Å². The molecule has 0 aliphatic rings. The van der Waals surface area contributed by atoms with E-state index in [2.05, 4.69) is 9.47 Å². The van der Waals surface area contributed by atoms with Gasteiger partial charge in [0.15, 0.2) is 0 Å². The minimum atomic E-state index is -0.901. The van der Waals surface area contributed by atoms with Crippen molar-refractivity contribution in [2.75, 3.05) is 13.2 Å². The lowest BCUT2D eigenvalue weighted by molar-refractivity contribution is -0.144. The van der Waals surface area contributed by atoms with Gasteiger partial charge in [-0.3, -0.25) is 0 Å². The fraction of sp³-hybridized carbons (Fsp3) is 0.600. The molecule has 0 aliphatic heterocycles. The lowest BCUT2D eigenvalue weighted by Crippen LogP contribution is -2.16. The molecule has 0 aromatic carbocycles. The maximum Gasteiger partial charge on any atom is 0.373 e. The molecule has 5 heteroatoms. The first-order valence-electron chi connectivity index (χ1n) is 4.84. The topological polar surface area (TPSA) is 72.8 Å². The van der Waals surface area contributed by atoms with E-state index >= 15 is 0 Å². The highest BCUT2D eigenvalue weighted by molar-refractivity contribution is 5.98. The van der Waals surface area contributed by atoms with Crippen molar-refractivity contribution in [1.82, 2.24) is 0 Å². The number of esters is 2. The first-order chi connectivity index (χ1) is 7.08. The van der Waals surface area contributed by atoms with Crippen LogP contribution >= 0.6 is 0 Å². The third-order valence-electron chi connectivity index (χ3n) is 1.63. The van der Waals surface area contributed by atoms with E-state index in [1.54, 1.807) is 20.8 Å². The molecular formula is C10H16O5. The second-order valence-electron chi connectivity index (χ2n) is 2.62. The van der Waals surface area contributed by atoms with Crippen molar-refractivity contribution < 1.29 is 24.2 Å². The van der Waals surface area contributed by atoms with Crippen LogP contribution in [0.15, 0.2) is 11.3 Å². The van der Waals surface area contributed by atoms with Crippen LogP contribution in [0.3, 0.4) is 0 Å². The van der Waals surface area contributed by atoms with E-state index in [4.69, 9.17) is 0 Å². The maximum atomic E-state index is 11.3. The molecule has 1 N–H and O–H groups in total. The van der Waals surface area contributed by atoms with E-state index in [0.717, 1.165) is 0 Å². The maximum absolute atomic E-state index is 11.3. The molecule has 0 spiro atoms. The number of aliphatic hydroxyl groups excluding tert-OH is 1. The average molecular weight is 216 g/mol. The van der Waals surface area contributed by atoms with Gasteiger partial charge in [-0.2, -0.15) is 0 Å². The highest BCUT2D eigenvalue weighted by Crippen LogP contribution is 2.10. The Morgan fingerprint density at radius 2 is 1.47 bits per heavy atom. The van der Waals surface area contributed by atoms with Crippen LogP contribution in [0, 0.1) is 0 Å². The zero-order chi connectivity index (χ0) is 11.8. The summed E-state index contributed by atoms with van der Waals surface area (Å²) < 4.78 is 9.24. The van der Waals surface area contributed by atoms with Gasteiger partial charge in [0.2, 0.25) is 5.76 Å². The lowest BCUT2D eigenvalue weighted by atomic mass is 10.2. The first kappa shape index (κ1) is 13.5. The van der Waals surface area contributed by atoms with Crippen LogP contribution in [-0.4, -0.2) is 30.3 Å². The van der Waals surface area contributed by atoms with Crippen molar-refractivity contribution in [3.63, 3.8) is 0 Å². The number of carbonyl (C=O) groups is 2. The molecule has 0 saturated carbocycles. The third kappa shape index (κ3) is 4.01. The molecule has 0 fully saturated rings. The largest absolute Gasteiger partial charge is 0.501 e. The van der Waals surface area contributed by atoms with E-state index in [0.29, 0.717) is 0 Å². The summed E-state index contributed by atoms with van der Waals surface area (Å²) in [6.07, 6.45) is 0.212. The fourth-order valence-electron chi connectivity index (χ4n) is 0.949. The molecule has 15 heavy (non-hydrogen) atoms. The molecule has 0 rings (SSSR count). The van der Waals surface area contributed by atoms with Crippen LogP contribution in [0.5, 0.6) is 0 Å². The first-order valence-corrected chi connectivity index (χ1v) is 4.84. The van der Waals surface area contributed by atoms with Crippen LogP contribution in [0.2, 0.25) is 0 Å². The van der Waals surface area contributed by atoms with E-state index in [9.17, 15) is 14.7 Å². The normalized spacial score (nSPS) is 11.7. The van der Waals surface area contributed by atoms with Crippen molar-refractivity contribution in [1.29, 1.82) is 0 Å². The number of ether oxygens (including phenoxy) is 2. The summed E-state index contributed by atoms with van der Waals surface area (Å²) in [5, 5.41) is 9.41. The van der Waals surface area contributed by atoms with Crippen LogP contribution in [0.4, 0.5) is 0 Å². The summed E-state index contributed by atoms with van der Waals surface area (Å²) in [6, 6.07) is 0. The van der Waals surface area contributed by atoms with Gasteiger partial charge in [-0.25, -0.2) is 9.59 Å². The standard InChI is InChI=1S/C10H16O5/c1-4-7(9(12)14-5-2)8(11)10(13)15-6-3/h11H,4-6H2,1-3H3/b8-7+. The quantitative estimate of drug-likeness (QED) is 0.426.